The highest BCUT2D eigenvalue weighted by molar-refractivity contribution is 5.85. The third kappa shape index (κ3) is 28.2. The van der Waals surface area contributed by atoms with Gasteiger partial charge in [0.25, 0.3) is 5.91 Å². The molecule has 0 bridgehead atoms. The second kappa shape index (κ2) is 30.8. The van der Waals surface area contributed by atoms with Crippen LogP contribution in [-0.2, 0) is 62.0 Å². The van der Waals surface area contributed by atoms with E-state index in [-0.39, 0.29) is 25.4 Å². The summed E-state index contributed by atoms with van der Waals surface area (Å²) in [6, 6.07) is 0. The van der Waals surface area contributed by atoms with Crippen molar-refractivity contribution in [3.05, 3.63) is 0 Å². The second-order valence-electron chi connectivity index (χ2n) is 15.8. The molecule has 8 atom stereocenters. The van der Waals surface area contributed by atoms with Crippen molar-refractivity contribution < 1.29 is 67.1 Å². The van der Waals surface area contributed by atoms with Crippen molar-refractivity contribution in [2.24, 2.45) is 23.7 Å². The fourth-order valence-corrected chi connectivity index (χ4v) is 6.61. The summed E-state index contributed by atoms with van der Waals surface area (Å²) in [7, 11) is 0. The Morgan fingerprint density at radius 2 is 0.897 bits per heavy atom. The van der Waals surface area contributed by atoms with E-state index >= 15 is 0 Å². The number of unbranched alkanes of at least 4 members (excludes halogenated alkanes) is 1. The molecule has 0 radical (unpaired) electrons. The highest BCUT2D eigenvalue weighted by Gasteiger charge is 2.46. The van der Waals surface area contributed by atoms with Crippen LogP contribution in [0.25, 0.3) is 0 Å². The molecule has 0 fully saturated rings. The van der Waals surface area contributed by atoms with Gasteiger partial charge in [0.05, 0.1) is 0 Å². The van der Waals surface area contributed by atoms with Crippen LogP contribution in [0.2, 0.25) is 0 Å². The van der Waals surface area contributed by atoms with E-state index in [0.717, 1.165) is 73.1 Å². The van der Waals surface area contributed by atoms with E-state index in [2.05, 4.69) is 38.3 Å². The van der Waals surface area contributed by atoms with Gasteiger partial charge in [-0.15, -0.1) is 0 Å². The van der Waals surface area contributed by atoms with E-state index < -0.39 is 72.7 Å². The summed E-state index contributed by atoms with van der Waals surface area (Å²) in [4.78, 5) is 96.4. The van der Waals surface area contributed by atoms with Gasteiger partial charge in [0.15, 0.2) is 18.3 Å². The molecule has 0 aliphatic carbocycles. The number of carbonyl (C=O) groups excluding carboxylic acids is 7. The minimum absolute atomic E-state index is 0.0317. The van der Waals surface area contributed by atoms with Crippen LogP contribution in [0.15, 0.2) is 0 Å². The number of rotatable bonds is 32. The number of amides is 2. The number of hydrogen-bond acceptors (Lipinski definition) is 13. The standard InChI is InChI=1S/C42H72N2O14/c1-27(14-10-11-15-28(2)17-13-19-30(4)21-23-38(51)52)16-12-18-29(3)20-22-37(50)43-24-25-44-42(53)41(58-35(9)49)40(57-34(8)48)39(56-33(7)47)36(55-32(6)46)26-54-31(5)45/h27-30,36,39-41H,10-26H2,1-9H3,(H,43,50)(H,44,53)(H,51,52)/t27?,28?,29?,30?,36?,39-,40+,41-/m1/s1. The molecule has 0 aliphatic rings. The first kappa shape index (κ1) is 53.8. The van der Waals surface area contributed by atoms with Crippen LogP contribution in [0.3, 0.4) is 0 Å². The van der Waals surface area contributed by atoms with Gasteiger partial charge >= 0.3 is 35.8 Å². The molecule has 0 saturated heterocycles. The third-order valence-electron chi connectivity index (χ3n) is 9.81. The summed E-state index contributed by atoms with van der Waals surface area (Å²) < 4.78 is 25.9. The molecular formula is C42H72N2O14. The number of nitrogens with one attached hydrogen (secondary N) is 2. The van der Waals surface area contributed by atoms with Crippen molar-refractivity contribution in [2.75, 3.05) is 19.7 Å². The molecule has 0 spiro atoms. The van der Waals surface area contributed by atoms with Crippen LogP contribution in [0.4, 0.5) is 0 Å². The zero-order valence-electron chi connectivity index (χ0n) is 36.4. The lowest BCUT2D eigenvalue weighted by molar-refractivity contribution is -0.203. The molecular weight excluding hydrogens is 756 g/mol. The normalized spacial score (nSPS) is 15.2. The molecule has 0 aromatic heterocycles. The Balaban J connectivity index is 4.85. The van der Waals surface area contributed by atoms with Gasteiger partial charge in [0.1, 0.15) is 6.61 Å². The summed E-state index contributed by atoms with van der Waals surface area (Å²) in [6.45, 7) is 13.3. The van der Waals surface area contributed by atoms with Gasteiger partial charge < -0.3 is 39.4 Å². The molecule has 334 valence electrons. The average molecular weight is 829 g/mol. The van der Waals surface area contributed by atoms with Crippen molar-refractivity contribution in [3.63, 3.8) is 0 Å². The lowest BCUT2D eigenvalue weighted by atomic mass is 9.90. The van der Waals surface area contributed by atoms with E-state index in [1.165, 1.54) is 32.1 Å². The summed E-state index contributed by atoms with van der Waals surface area (Å²) in [6.07, 6.45) is 6.53. The first-order chi connectivity index (χ1) is 27.2. The lowest BCUT2D eigenvalue weighted by Crippen LogP contribution is -2.57. The number of carboxylic acids is 1. The average Bonchev–Trinajstić information content (AvgIpc) is 3.11. The minimum atomic E-state index is -1.90. The van der Waals surface area contributed by atoms with E-state index in [9.17, 15) is 38.4 Å². The zero-order chi connectivity index (χ0) is 44.2. The highest BCUT2D eigenvalue weighted by atomic mass is 16.6. The molecule has 5 unspecified atom stereocenters. The van der Waals surface area contributed by atoms with Gasteiger partial charge in [-0.25, -0.2) is 0 Å². The van der Waals surface area contributed by atoms with Crippen molar-refractivity contribution in [1.82, 2.24) is 10.6 Å². The maximum absolute atomic E-state index is 13.4. The Hall–Kier alpha value is -4.24. The molecule has 16 heteroatoms. The first-order valence-electron chi connectivity index (χ1n) is 20.8. The monoisotopic (exact) mass is 828 g/mol. The van der Waals surface area contributed by atoms with Gasteiger partial charge in [-0.05, 0) is 36.5 Å². The topological polar surface area (TPSA) is 227 Å². The van der Waals surface area contributed by atoms with Gasteiger partial charge in [-0.3, -0.25) is 38.4 Å². The number of carboxylic acid groups (broad SMARTS) is 1. The number of hydrogen-bond donors (Lipinski definition) is 3. The van der Waals surface area contributed by atoms with E-state index in [4.69, 9.17) is 28.8 Å². The number of aliphatic carboxylic acids is 1. The molecule has 0 heterocycles. The second-order valence-corrected chi connectivity index (χ2v) is 15.8. The van der Waals surface area contributed by atoms with Gasteiger partial charge in [0, 0.05) is 60.5 Å². The molecule has 0 rings (SSSR count). The number of esters is 5. The van der Waals surface area contributed by atoms with Gasteiger partial charge in [0.2, 0.25) is 12.0 Å². The Morgan fingerprint density at radius 1 is 0.483 bits per heavy atom. The first-order valence-corrected chi connectivity index (χ1v) is 20.8. The smallest absolute Gasteiger partial charge is 0.303 e. The largest absolute Gasteiger partial charge is 0.481 e. The molecule has 58 heavy (non-hydrogen) atoms. The van der Waals surface area contributed by atoms with Crippen LogP contribution in [0, 0.1) is 23.7 Å². The Labute approximate surface area is 344 Å². The van der Waals surface area contributed by atoms with Gasteiger partial charge in [-0.1, -0.05) is 91.9 Å². The van der Waals surface area contributed by atoms with Crippen LogP contribution >= 0.6 is 0 Å². The van der Waals surface area contributed by atoms with E-state index in [0.29, 0.717) is 36.5 Å². The highest BCUT2D eigenvalue weighted by Crippen LogP contribution is 2.24. The maximum Gasteiger partial charge on any atom is 0.303 e. The van der Waals surface area contributed by atoms with E-state index in [1.54, 1.807) is 0 Å². The van der Waals surface area contributed by atoms with Crippen LogP contribution in [-0.4, -0.2) is 96.8 Å². The predicted molar refractivity (Wildman–Crippen MR) is 214 cm³/mol. The molecule has 0 aliphatic heterocycles. The third-order valence-corrected chi connectivity index (χ3v) is 9.81. The Morgan fingerprint density at radius 3 is 1.34 bits per heavy atom. The molecule has 0 aromatic rings. The summed E-state index contributed by atoms with van der Waals surface area (Å²) in [5.74, 6) is -4.23. The Kier molecular flexibility index (Phi) is 28.5. The fourth-order valence-electron chi connectivity index (χ4n) is 6.61. The zero-order valence-corrected chi connectivity index (χ0v) is 36.4. The minimum Gasteiger partial charge on any atom is -0.481 e. The predicted octanol–water partition coefficient (Wildman–Crippen LogP) is 5.60. The summed E-state index contributed by atoms with van der Waals surface area (Å²) in [5.41, 5.74) is 0. The molecule has 0 saturated carbocycles. The van der Waals surface area contributed by atoms with Crippen LogP contribution in [0.5, 0.6) is 0 Å². The fraction of sp³-hybridized carbons (Fsp3) is 0.810. The van der Waals surface area contributed by atoms with Crippen molar-refractivity contribution in [1.29, 1.82) is 0 Å². The van der Waals surface area contributed by atoms with Crippen molar-refractivity contribution in [3.8, 4) is 0 Å². The molecule has 3 N–H and O–H groups in total. The lowest BCUT2D eigenvalue weighted by Gasteiger charge is -2.34. The van der Waals surface area contributed by atoms with Crippen LogP contribution in [0.1, 0.15) is 152 Å². The number of ether oxygens (including phenoxy) is 5. The summed E-state index contributed by atoms with van der Waals surface area (Å²) in [5, 5.41) is 14.1. The maximum atomic E-state index is 13.4. The van der Waals surface area contributed by atoms with E-state index in [1.807, 2.05) is 0 Å². The Bertz CT molecular complexity index is 1290. The number of carbonyl (C=O) groups is 8. The van der Waals surface area contributed by atoms with Gasteiger partial charge in [-0.2, -0.15) is 0 Å². The van der Waals surface area contributed by atoms with Crippen molar-refractivity contribution in [2.45, 2.75) is 177 Å². The SMILES string of the molecule is CC(=O)OCC(OC(C)=O)[C@@H](OC(C)=O)[C@H](OC(C)=O)[C@@H](OC(C)=O)C(=O)NCCNC(=O)CCC(C)CCCC(C)CCCCC(C)CCCC(C)CCC(=O)O. The molecule has 0 aromatic carbocycles. The van der Waals surface area contributed by atoms with Crippen molar-refractivity contribution >= 4 is 47.6 Å². The van der Waals surface area contributed by atoms with Crippen LogP contribution < -0.4 is 10.6 Å². The molecule has 2 amide bonds. The summed E-state index contributed by atoms with van der Waals surface area (Å²) >= 11 is 0. The quantitative estimate of drug-likeness (QED) is 0.0426. The molecule has 16 nitrogen and oxygen atoms in total.